The maximum Gasteiger partial charge on any atom is 0.319 e. The number of carbonyl (C=O) groups is 1. The lowest BCUT2D eigenvalue weighted by atomic mass is 9.88. The number of hydrogen-bond acceptors (Lipinski definition) is 7. The number of nitrogens with zero attached hydrogens (tertiary/aromatic N) is 1. The van der Waals surface area contributed by atoms with Crippen LogP contribution in [0.5, 0.6) is 0 Å². The third-order valence-electron chi connectivity index (χ3n) is 4.51. The van der Waals surface area contributed by atoms with Gasteiger partial charge in [-0.2, -0.15) is 0 Å². The van der Waals surface area contributed by atoms with Gasteiger partial charge >= 0.3 is 6.03 Å². The minimum atomic E-state index is -2.14. The second-order valence-electron chi connectivity index (χ2n) is 7.34. The Kier molecular flexibility index (Phi) is 9.70. The number of alkyl halides is 1. The molecular weight excluding hydrogens is 380 g/mol. The van der Waals surface area contributed by atoms with Gasteiger partial charge in [-0.1, -0.05) is 27.2 Å². The molecule has 0 spiro atoms. The van der Waals surface area contributed by atoms with Crippen LogP contribution in [-0.4, -0.2) is 91.9 Å². The van der Waals surface area contributed by atoms with Crippen LogP contribution in [0.25, 0.3) is 0 Å². The number of rotatable bonds is 9. The van der Waals surface area contributed by atoms with E-state index in [0.717, 1.165) is 4.90 Å². The topological polar surface area (TPSA) is 143 Å². The normalized spacial score (nSPS) is 32.4. The lowest BCUT2D eigenvalue weighted by Gasteiger charge is -2.48. The van der Waals surface area contributed by atoms with E-state index in [4.69, 9.17) is 16.3 Å². The molecule has 0 saturated carbocycles. The van der Waals surface area contributed by atoms with Crippen molar-refractivity contribution >= 4 is 17.6 Å². The standard InChI is InChI=1S/C17H33ClN2O7/c1-4-5-6-17(26)14(23)12(22)11(21)13(27-17)15(24)20(9-10(2)3)16(25)19-8-7-18/h10-15,21-24,26H,4-9H2,1-3H3,(H,19,25)/t11-,12-,13-,14+,15?,17-/m0/s1. The number of carbonyl (C=O) groups excluding carboxylic acids is 1. The Morgan fingerprint density at radius 1 is 1.30 bits per heavy atom. The number of unbranched alkanes of at least 4 members (excludes halogenated alkanes) is 1. The molecule has 0 aromatic carbocycles. The van der Waals surface area contributed by atoms with Crippen LogP contribution in [0.1, 0.15) is 40.0 Å². The quantitative estimate of drug-likeness (QED) is 0.223. The van der Waals surface area contributed by atoms with Gasteiger partial charge in [0.1, 0.15) is 24.4 Å². The highest BCUT2D eigenvalue weighted by Crippen LogP contribution is 2.34. The van der Waals surface area contributed by atoms with Crippen LogP contribution in [0.3, 0.4) is 0 Å². The Bertz CT molecular complexity index is 471. The summed E-state index contributed by atoms with van der Waals surface area (Å²) in [6.45, 7) is 5.86. The van der Waals surface area contributed by atoms with E-state index in [0.29, 0.717) is 12.8 Å². The average Bonchev–Trinajstić information content (AvgIpc) is 2.63. The lowest BCUT2D eigenvalue weighted by molar-refractivity contribution is -0.365. The molecular formula is C17H33ClN2O7. The number of amides is 2. The zero-order chi connectivity index (χ0) is 20.8. The zero-order valence-electron chi connectivity index (χ0n) is 16.1. The monoisotopic (exact) mass is 412 g/mol. The number of nitrogens with one attached hydrogen (secondary N) is 1. The predicted octanol–water partition coefficient (Wildman–Crippen LogP) is -0.428. The first kappa shape index (κ1) is 24.4. The third-order valence-corrected chi connectivity index (χ3v) is 4.70. The van der Waals surface area contributed by atoms with Crippen LogP contribution in [0.15, 0.2) is 0 Å². The summed E-state index contributed by atoms with van der Waals surface area (Å²) in [6.07, 6.45) is -7.17. The number of urea groups is 1. The minimum Gasteiger partial charge on any atom is -0.387 e. The molecule has 10 heteroatoms. The highest BCUT2D eigenvalue weighted by molar-refractivity contribution is 6.18. The van der Waals surface area contributed by atoms with Crippen molar-refractivity contribution in [1.29, 1.82) is 0 Å². The first-order valence-corrected chi connectivity index (χ1v) is 9.85. The van der Waals surface area contributed by atoms with Crippen molar-refractivity contribution in [2.24, 2.45) is 5.92 Å². The summed E-state index contributed by atoms with van der Waals surface area (Å²) in [5.41, 5.74) is 0. The van der Waals surface area contributed by atoms with Gasteiger partial charge in [0, 0.05) is 25.4 Å². The summed E-state index contributed by atoms with van der Waals surface area (Å²) in [5, 5.41) is 54.5. The fourth-order valence-electron chi connectivity index (χ4n) is 3.03. The minimum absolute atomic E-state index is 0.000289. The molecule has 0 aliphatic carbocycles. The van der Waals surface area contributed by atoms with Gasteiger partial charge in [-0.3, -0.25) is 4.90 Å². The van der Waals surface area contributed by atoms with E-state index in [2.05, 4.69) is 5.32 Å². The molecule has 1 aliphatic heterocycles. The van der Waals surface area contributed by atoms with Gasteiger partial charge in [0.2, 0.25) is 0 Å². The third kappa shape index (κ3) is 6.15. The number of aliphatic hydroxyl groups is 5. The summed E-state index contributed by atoms with van der Waals surface area (Å²) >= 11 is 5.57. The van der Waals surface area contributed by atoms with Crippen molar-refractivity contribution in [3.05, 3.63) is 0 Å². The van der Waals surface area contributed by atoms with E-state index in [-0.39, 0.29) is 31.3 Å². The summed E-state index contributed by atoms with van der Waals surface area (Å²) in [4.78, 5) is 13.4. The molecule has 6 atom stereocenters. The van der Waals surface area contributed by atoms with Crippen LogP contribution in [0.2, 0.25) is 0 Å². The van der Waals surface area contributed by atoms with Gasteiger partial charge in [0.05, 0.1) is 0 Å². The summed E-state index contributed by atoms with van der Waals surface area (Å²) in [5.74, 6) is -1.98. The van der Waals surface area contributed by atoms with Crippen molar-refractivity contribution in [2.45, 2.75) is 76.5 Å². The Morgan fingerprint density at radius 2 is 1.93 bits per heavy atom. The molecule has 0 aromatic heterocycles. The molecule has 2 amide bonds. The SMILES string of the molecule is CCCC[C@]1(O)O[C@H](C(O)N(CC(C)C)C(=O)NCCCl)[C@@H](O)[C@H](O)[C@H]1O. The lowest BCUT2D eigenvalue weighted by Crippen LogP contribution is -2.69. The van der Waals surface area contributed by atoms with E-state index >= 15 is 0 Å². The van der Waals surface area contributed by atoms with E-state index in [1.807, 2.05) is 20.8 Å². The van der Waals surface area contributed by atoms with E-state index in [9.17, 15) is 30.3 Å². The summed E-state index contributed by atoms with van der Waals surface area (Å²) in [7, 11) is 0. The smallest absolute Gasteiger partial charge is 0.319 e. The van der Waals surface area contributed by atoms with Crippen LogP contribution in [0, 0.1) is 5.92 Å². The van der Waals surface area contributed by atoms with Crippen molar-refractivity contribution in [3.8, 4) is 0 Å². The number of halogens is 1. The number of hydrogen-bond donors (Lipinski definition) is 6. The van der Waals surface area contributed by atoms with Crippen LogP contribution < -0.4 is 5.32 Å². The molecule has 160 valence electrons. The predicted molar refractivity (Wildman–Crippen MR) is 99.0 cm³/mol. The maximum atomic E-state index is 12.4. The highest BCUT2D eigenvalue weighted by Gasteiger charge is 2.55. The molecule has 0 aromatic rings. The molecule has 1 unspecified atom stereocenters. The van der Waals surface area contributed by atoms with Crippen molar-refractivity contribution in [1.82, 2.24) is 10.2 Å². The van der Waals surface area contributed by atoms with Gasteiger partial charge in [-0.05, 0) is 12.3 Å². The second-order valence-corrected chi connectivity index (χ2v) is 7.72. The molecule has 1 fully saturated rings. The second kappa shape index (κ2) is 10.8. The van der Waals surface area contributed by atoms with Crippen molar-refractivity contribution in [3.63, 3.8) is 0 Å². The zero-order valence-corrected chi connectivity index (χ0v) is 16.8. The van der Waals surface area contributed by atoms with E-state index in [1.54, 1.807) is 0 Å². The Morgan fingerprint density at radius 3 is 2.44 bits per heavy atom. The van der Waals surface area contributed by atoms with Crippen molar-refractivity contribution in [2.75, 3.05) is 19.0 Å². The fourth-order valence-corrected chi connectivity index (χ4v) is 3.13. The van der Waals surface area contributed by atoms with Crippen molar-refractivity contribution < 1.29 is 35.1 Å². The average molecular weight is 413 g/mol. The first-order chi connectivity index (χ1) is 12.6. The first-order valence-electron chi connectivity index (χ1n) is 9.31. The Labute approximate surface area is 164 Å². The van der Waals surface area contributed by atoms with Gasteiger partial charge in [-0.25, -0.2) is 4.79 Å². The van der Waals surface area contributed by atoms with Crippen LogP contribution in [-0.2, 0) is 4.74 Å². The molecule has 0 bridgehead atoms. The molecule has 1 heterocycles. The molecule has 1 aliphatic rings. The Balaban J connectivity index is 3.06. The van der Waals surface area contributed by atoms with E-state index in [1.165, 1.54) is 0 Å². The van der Waals surface area contributed by atoms with Gasteiger partial charge in [-0.15, -0.1) is 11.6 Å². The fraction of sp³-hybridized carbons (Fsp3) is 0.941. The van der Waals surface area contributed by atoms with Gasteiger partial charge in [0.15, 0.2) is 12.0 Å². The van der Waals surface area contributed by atoms with Crippen LogP contribution in [0.4, 0.5) is 4.79 Å². The molecule has 9 nitrogen and oxygen atoms in total. The molecule has 27 heavy (non-hydrogen) atoms. The Hall–Kier alpha value is -0.680. The number of ether oxygens (including phenoxy) is 1. The van der Waals surface area contributed by atoms with Gasteiger partial charge < -0.3 is 35.6 Å². The molecule has 0 radical (unpaired) electrons. The summed E-state index contributed by atoms with van der Waals surface area (Å²) in [6, 6.07) is -0.620. The largest absolute Gasteiger partial charge is 0.387 e. The van der Waals surface area contributed by atoms with Gasteiger partial charge in [0.25, 0.3) is 0 Å². The van der Waals surface area contributed by atoms with E-state index < -0.39 is 42.5 Å². The number of aliphatic hydroxyl groups excluding tert-OH is 4. The molecule has 1 saturated heterocycles. The summed E-state index contributed by atoms with van der Waals surface area (Å²) < 4.78 is 5.45. The highest BCUT2D eigenvalue weighted by atomic mass is 35.5. The molecule has 1 rings (SSSR count). The van der Waals surface area contributed by atoms with Crippen LogP contribution >= 0.6 is 11.6 Å². The molecule has 6 N–H and O–H groups in total. The maximum absolute atomic E-state index is 12.4.